The van der Waals surface area contributed by atoms with Crippen LogP contribution in [0.15, 0.2) is 54.6 Å². The first-order valence-corrected chi connectivity index (χ1v) is 6.92. The van der Waals surface area contributed by atoms with E-state index in [1.165, 1.54) is 0 Å². The van der Waals surface area contributed by atoms with Crippen LogP contribution in [-0.2, 0) is 6.42 Å². The number of nitrogen functional groups attached to an aromatic ring is 1. The third-order valence-corrected chi connectivity index (χ3v) is 3.56. The van der Waals surface area contributed by atoms with Gasteiger partial charge >= 0.3 is 0 Å². The molecule has 3 aromatic rings. The van der Waals surface area contributed by atoms with Gasteiger partial charge in [-0.15, -0.1) is 0 Å². The van der Waals surface area contributed by atoms with Crippen molar-refractivity contribution in [3.63, 3.8) is 0 Å². The molecule has 5 heteroatoms. The second-order valence-corrected chi connectivity index (χ2v) is 5.07. The molecule has 0 saturated carbocycles. The summed E-state index contributed by atoms with van der Waals surface area (Å²) in [4.78, 5) is 11.4. The number of hydrogen-bond donors (Lipinski definition) is 3. The van der Waals surface area contributed by atoms with Crippen LogP contribution >= 0.6 is 0 Å². The van der Waals surface area contributed by atoms with Gasteiger partial charge in [0, 0.05) is 6.42 Å². The summed E-state index contributed by atoms with van der Waals surface area (Å²) in [6, 6.07) is 18.3. The highest BCUT2D eigenvalue weighted by molar-refractivity contribution is 5.98. The Hall–Kier alpha value is -3.08. The van der Waals surface area contributed by atoms with E-state index < -0.39 is 5.91 Å². The number of aromatic nitrogens is 2. The van der Waals surface area contributed by atoms with Crippen molar-refractivity contribution in [3.05, 3.63) is 71.4 Å². The minimum Gasteiger partial charge on any atom is -0.382 e. The molecule has 0 unspecified atom stereocenters. The summed E-state index contributed by atoms with van der Waals surface area (Å²) in [5.74, 6) is -0.425. The molecule has 22 heavy (non-hydrogen) atoms. The molecule has 0 atom stereocenters. The SMILES string of the molecule is NC(=O)c1c(N)n[nH]c1Cc1ccc(-c2ccccc2)cc1. The van der Waals surface area contributed by atoms with E-state index in [-0.39, 0.29) is 11.4 Å². The lowest BCUT2D eigenvalue weighted by Gasteiger charge is -2.05. The minimum absolute atomic E-state index is 0.142. The molecule has 0 saturated heterocycles. The maximum absolute atomic E-state index is 11.4. The number of primary amides is 1. The first kappa shape index (κ1) is 13.9. The Morgan fingerprint density at radius 1 is 1.00 bits per heavy atom. The van der Waals surface area contributed by atoms with E-state index in [4.69, 9.17) is 11.5 Å². The normalized spacial score (nSPS) is 10.5. The minimum atomic E-state index is -0.567. The maximum atomic E-state index is 11.4. The summed E-state index contributed by atoms with van der Waals surface area (Å²) in [5.41, 5.74) is 15.2. The van der Waals surface area contributed by atoms with Crippen molar-refractivity contribution < 1.29 is 4.79 Å². The molecule has 1 aromatic heterocycles. The van der Waals surface area contributed by atoms with Gasteiger partial charge in [0.2, 0.25) is 0 Å². The third kappa shape index (κ3) is 2.69. The maximum Gasteiger partial charge on any atom is 0.254 e. The Morgan fingerprint density at radius 2 is 1.64 bits per heavy atom. The molecule has 0 spiro atoms. The zero-order chi connectivity index (χ0) is 15.5. The van der Waals surface area contributed by atoms with Gasteiger partial charge in [0.05, 0.1) is 5.69 Å². The van der Waals surface area contributed by atoms with Crippen molar-refractivity contribution in [1.82, 2.24) is 10.2 Å². The monoisotopic (exact) mass is 292 g/mol. The topological polar surface area (TPSA) is 97.8 Å². The molecule has 0 aliphatic rings. The van der Waals surface area contributed by atoms with E-state index in [0.29, 0.717) is 12.1 Å². The quantitative estimate of drug-likeness (QED) is 0.688. The van der Waals surface area contributed by atoms with E-state index in [2.05, 4.69) is 22.3 Å². The van der Waals surface area contributed by atoms with Gasteiger partial charge in [0.25, 0.3) is 5.91 Å². The fraction of sp³-hybridized carbons (Fsp3) is 0.0588. The standard InChI is InChI=1S/C17H16N4O/c18-16-15(17(19)22)14(20-21-16)10-11-6-8-13(9-7-11)12-4-2-1-3-5-12/h1-9H,10H2,(H2,19,22)(H3,18,20,21). The van der Waals surface area contributed by atoms with E-state index in [9.17, 15) is 4.79 Å². The predicted octanol–water partition coefficient (Wildman–Crippen LogP) is 2.35. The Bertz CT molecular complexity index is 791. The van der Waals surface area contributed by atoms with E-state index in [0.717, 1.165) is 16.7 Å². The first-order valence-electron chi connectivity index (χ1n) is 6.92. The lowest BCUT2D eigenvalue weighted by molar-refractivity contribution is 0.100. The van der Waals surface area contributed by atoms with Crippen LogP contribution in [0.4, 0.5) is 5.82 Å². The van der Waals surface area contributed by atoms with Crippen LogP contribution in [0.25, 0.3) is 11.1 Å². The zero-order valence-corrected chi connectivity index (χ0v) is 11.9. The molecule has 1 amide bonds. The second-order valence-electron chi connectivity index (χ2n) is 5.07. The van der Waals surface area contributed by atoms with Gasteiger partial charge in [0.1, 0.15) is 5.56 Å². The average Bonchev–Trinajstić information content (AvgIpc) is 2.90. The van der Waals surface area contributed by atoms with Crippen LogP contribution in [0.3, 0.4) is 0 Å². The number of nitrogens with zero attached hydrogens (tertiary/aromatic N) is 1. The number of benzene rings is 2. The van der Waals surface area contributed by atoms with Crippen molar-refractivity contribution in [3.8, 4) is 11.1 Å². The molecule has 2 aromatic carbocycles. The Labute approximate surface area is 128 Å². The number of aromatic amines is 1. The predicted molar refractivity (Wildman–Crippen MR) is 86.2 cm³/mol. The molecule has 0 aliphatic carbocycles. The van der Waals surface area contributed by atoms with Gasteiger partial charge in [0.15, 0.2) is 5.82 Å². The molecule has 5 nitrogen and oxygen atoms in total. The van der Waals surface area contributed by atoms with Crippen LogP contribution in [0, 0.1) is 0 Å². The molecule has 3 rings (SSSR count). The Morgan fingerprint density at radius 3 is 2.27 bits per heavy atom. The molecule has 0 aliphatic heterocycles. The number of carbonyl (C=O) groups excluding carboxylic acids is 1. The van der Waals surface area contributed by atoms with Crippen molar-refractivity contribution in [2.45, 2.75) is 6.42 Å². The molecule has 5 N–H and O–H groups in total. The average molecular weight is 292 g/mol. The number of H-pyrrole nitrogens is 1. The molecular formula is C17H16N4O. The number of rotatable bonds is 4. The first-order chi connectivity index (χ1) is 10.6. The number of carbonyl (C=O) groups is 1. The summed E-state index contributed by atoms with van der Waals surface area (Å²) in [7, 11) is 0. The van der Waals surface area contributed by atoms with Crippen LogP contribution in [-0.4, -0.2) is 16.1 Å². The molecule has 110 valence electrons. The smallest absolute Gasteiger partial charge is 0.254 e. The van der Waals surface area contributed by atoms with Crippen LogP contribution in [0.5, 0.6) is 0 Å². The fourth-order valence-corrected chi connectivity index (χ4v) is 2.45. The highest BCUT2D eigenvalue weighted by atomic mass is 16.1. The summed E-state index contributed by atoms with van der Waals surface area (Å²) >= 11 is 0. The van der Waals surface area contributed by atoms with Gasteiger partial charge in [-0.1, -0.05) is 54.6 Å². The molecule has 0 bridgehead atoms. The van der Waals surface area contributed by atoms with Gasteiger partial charge in [-0.25, -0.2) is 0 Å². The summed E-state index contributed by atoms with van der Waals surface area (Å²) in [5, 5.41) is 6.63. The van der Waals surface area contributed by atoms with Crippen molar-refractivity contribution in [2.75, 3.05) is 5.73 Å². The molecule has 1 heterocycles. The van der Waals surface area contributed by atoms with Gasteiger partial charge in [-0.2, -0.15) is 5.10 Å². The Kier molecular flexibility index (Phi) is 3.62. The number of nitrogens with one attached hydrogen (secondary N) is 1. The zero-order valence-electron chi connectivity index (χ0n) is 11.9. The molecule has 0 fully saturated rings. The van der Waals surface area contributed by atoms with E-state index in [1.807, 2.05) is 42.5 Å². The van der Waals surface area contributed by atoms with E-state index >= 15 is 0 Å². The lowest BCUT2D eigenvalue weighted by atomic mass is 10.0. The van der Waals surface area contributed by atoms with Crippen LogP contribution in [0.1, 0.15) is 21.6 Å². The fourth-order valence-electron chi connectivity index (χ4n) is 2.45. The van der Waals surface area contributed by atoms with Gasteiger partial charge in [-0.05, 0) is 16.7 Å². The Balaban J connectivity index is 1.84. The number of nitrogens with two attached hydrogens (primary N) is 2. The third-order valence-electron chi connectivity index (χ3n) is 3.56. The summed E-state index contributed by atoms with van der Waals surface area (Å²) in [6.45, 7) is 0. The van der Waals surface area contributed by atoms with E-state index in [1.54, 1.807) is 0 Å². The second kappa shape index (κ2) is 5.73. The van der Waals surface area contributed by atoms with Crippen LogP contribution < -0.4 is 11.5 Å². The van der Waals surface area contributed by atoms with Gasteiger partial charge < -0.3 is 11.5 Å². The van der Waals surface area contributed by atoms with Crippen molar-refractivity contribution in [2.24, 2.45) is 5.73 Å². The largest absolute Gasteiger partial charge is 0.382 e. The van der Waals surface area contributed by atoms with Crippen molar-refractivity contribution in [1.29, 1.82) is 0 Å². The van der Waals surface area contributed by atoms with Gasteiger partial charge in [-0.3, -0.25) is 9.89 Å². The number of hydrogen-bond acceptors (Lipinski definition) is 3. The highest BCUT2D eigenvalue weighted by Crippen LogP contribution is 2.21. The number of anilines is 1. The van der Waals surface area contributed by atoms with Crippen LogP contribution in [0.2, 0.25) is 0 Å². The number of amides is 1. The molecular weight excluding hydrogens is 276 g/mol. The van der Waals surface area contributed by atoms with Crippen molar-refractivity contribution >= 4 is 11.7 Å². The highest BCUT2D eigenvalue weighted by Gasteiger charge is 2.16. The molecule has 0 radical (unpaired) electrons. The summed E-state index contributed by atoms with van der Waals surface area (Å²) < 4.78 is 0. The summed E-state index contributed by atoms with van der Waals surface area (Å²) in [6.07, 6.45) is 0.525. The lowest BCUT2D eigenvalue weighted by Crippen LogP contribution is -2.14.